The maximum Gasteiger partial charge on any atom is 0.326 e. The highest BCUT2D eigenvalue weighted by atomic mass is 35.5. The number of carboxylic acid groups (broad SMARTS) is 1. The molecule has 1 aromatic heterocycles. The number of nitrogens with one attached hydrogen (secondary N) is 1. The molecule has 42 heavy (non-hydrogen) atoms. The lowest BCUT2D eigenvalue weighted by Crippen LogP contribution is -2.55. The van der Waals surface area contributed by atoms with E-state index in [2.05, 4.69) is 10.3 Å². The quantitative estimate of drug-likeness (QED) is 0.253. The van der Waals surface area contributed by atoms with E-state index in [0.717, 1.165) is 10.9 Å². The Morgan fingerprint density at radius 2 is 1.74 bits per heavy atom. The summed E-state index contributed by atoms with van der Waals surface area (Å²) < 4.78 is 28.0. The van der Waals surface area contributed by atoms with Gasteiger partial charge in [0.25, 0.3) is 0 Å². The average Bonchev–Trinajstić information content (AvgIpc) is 2.97. The third-order valence-corrected chi connectivity index (χ3v) is 9.96. The van der Waals surface area contributed by atoms with E-state index in [1.807, 2.05) is 19.1 Å². The van der Waals surface area contributed by atoms with Crippen LogP contribution in [0, 0.1) is 6.92 Å². The van der Waals surface area contributed by atoms with Gasteiger partial charge in [0, 0.05) is 23.9 Å². The van der Waals surface area contributed by atoms with Crippen LogP contribution in [0.4, 0.5) is 0 Å². The average molecular weight is 627 g/mol. The normalized spacial score (nSPS) is 16.7. The number of hydrogen-bond donors (Lipinski definition) is 2. The SMILES string of the molecule is Cc1ccc(S(=O)(=O)N2CCCC[C@H]2C(=O)NC(Cc2ccc3nc(-c4c(Cl)cccc4Cl)ccc3c2)C(=O)O)cc1. The summed E-state index contributed by atoms with van der Waals surface area (Å²) in [5.74, 6) is -1.84. The highest BCUT2D eigenvalue weighted by Gasteiger charge is 2.38. The van der Waals surface area contributed by atoms with Gasteiger partial charge < -0.3 is 10.4 Å². The number of piperidine rings is 1. The second-order valence-electron chi connectivity index (χ2n) is 10.4. The number of hydrogen-bond acceptors (Lipinski definition) is 5. The van der Waals surface area contributed by atoms with Crippen LogP contribution in [0.3, 0.4) is 0 Å². The smallest absolute Gasteiger partial charge is 0.326 e. The molecule has 1 aliphatic heterocycles. The fourth-order valence-corrected chi connectivity index (χ4v) is 7.44. The maximum absolute atomic E-state index is 13.4. The van der Waals surface area contributed by atoms with Crippen molar-refractivity contribution in [1.82, 2.24) is 14.6 Å². The van der Waals surface area contributed by atoms with E-state index in [9.17, 15) is 23.1 Å². The van der Waals surface area contributed by atoms with Gasteiger partial charge in [0.2, 0.25) is 15.9 Å². The molecule has 0 radical (unpaired) electrons. The summed E-state index contributed by atoms with van der Waals surface area (Å²) in [5.41, 5.74) is 3.50. The van der Waals surface area contributed by atoms with E-state index in [1.165, 1.54) is 16.4 Å². The van der Waals surface area contributed by atoms with Gasteiger partial charge in [-0.15, -0.1) is 0 Å². The first-order valence-corrected chi connectivity index (χ1v) is 15.7. The highest BCUT2D eigenvalue weighted by molar-refractivity contribution is 7.89. The maximum atomic E-state index is 13.4. The van der Waals surface area contributed by atoms with E-state index in [4.69, 9.17) is 23.2 Å². The first-order chi connectivity index (χ1) is 20.0. The van der Waals surface area contributed by atoms with Crippen molar-refractivity contribution in [1.29, 1.82) is 0 Å². The van der Waals surface area contributed by atoms with Crippen LogP contribution in [0.5, 0.6) is 0 Å². The van der Waals surface area contributed by atoms with Crippen molar-refractivity contribution in [2.45, 2.75) is 49.6 Å². The Labute approximate surface area is 254 Å². The van der Waals surface area contributed by atoms with E-state index >= 15 is 0 Å². The van der Waals surface area contributed by atoms with Crippen molar-refractivity contribution in [3.05, 3.63) is 94.0 Å². The third-order valence-electron chi connectivity index (χ3n) is 7.41. The standard InChI is InChI=1S/C31H29Cl2N3O5S/c1-19-8-12-22(13-9-19)42(40,41)36-16-3-2-7-28(36)30(37)35-27(31(38)39)18-20-10-14-25-21(17-20)11-15-26(34-25)29-23(32)5-4-6-24(29)33/h4-6,8-15,17,27-28H,2-3,7,16,18H2,1H3,(H,35,37)(H,38,39)/t27?,28-/m0/s1. The molecular formula is C31H29Cl2N3O5S. The van der Waals surface area contributed by atoms with Gasteiger partial charge in [0.05, 0.1) is 26.2 Å². The van der Waals surface area contributed by atoms with Crippen molar-refractivity contribution in [2.75, 3.05) is 6.54 Å². The minimum absolute atomic E-state index is 0.00649. The van der Waals surface area contributed by atoms with Crippen molar-refractivity contribution in [3.8, 4) is 11.3 Å². The van der Waals surface area contributed by atoms with Gasteiger partial charge in [-0.3, -0.25) is 4.79 Å². The number of fused-ring (bicyclic) bond motifs is 1. The van der Waals surface area contributed by atoms with E-state index < -0.39 is 34.0 Å². The Kier molecular flexibility index (Phi) is 8.84. The summed E-state index contributed by atoms with van der Waals surface area (Å²) in [6.45, 7) is 2.05. The van der Waals surface area contributed by atoms with Crippen LogP contribution in [0.1, 0.15) is 30.4 Å². The molecule has 3 aromatic carbocycles. The first-order valence-electron chi connectivity index (χ1n) is 13.5. The molecular weight excluding hydrogens is 597 g/mol. The van der Waals surface area contributed by atoms with Crippen LogP contribution in [-0.4, -0.2) is 53.3 Å². The van der Waals surface area contributed by atoms with Crippen LogP contribution in [0.15, 0.2) is 77.7 Å². The third kappa shape index (κ3) is 6.29. The fourth-order valence-electron chi connectivity index (χ4n) is 5.19. The van der Waals surface area contributed by atoms with Crippen LogP contribution in [-0.2, 0) is 26.0 Å². The lowest BCUT2D eigenvalue weighted by atomic mass is 10.0. The molecule has 1 saturated heterocycles. The zero-order valence-electron chi connectivity index (χ0n) is 22.8. The number of aryl methyl sites for hydroxylation is 1. The molecule has 2 N–H and O–H groups in total. The predicted molar refractivity (Wildman–Crippen MR) is 163 cm³/mol. The summed E-state index contributed by atoms with van der Waals surface area (Å²) in [5, 5.41) is 14.3. The van der Waals surface area contributed by atoms with Gasteiger partial charge in [0.15, 0.2) is 0 Å². The molecule has 2 heterocycles. The molecule has 0 saturated carbocycles. The summed E-state index contributed by atoms with van der Waals surface area (Å²) in [7, 11) is -3.94. The second-order valence-corrected chi connectivity index (χ2v) is 13.1. The Morgan fingerprint density at radius 1 is 1.02 bits per heavy atom. The summed E-state index contributed by atoms with van der Waals surface area (Å²) >= 11 is 12.7. The monoisotopic (exact) mass is 625 g/mol. The molecule has 1 unspecified atom stereocenters. The van der Waals surface area contributed by atoms with E-state index in [-0.39, 0.29) is 17.9 Å². The van der Waals surface area contributed by atoms with Crippen LogP contribution >= 0.6 is 23.2 Å². The molecule has 11 heteroatoms. The van der Waals surface area contributed by atoms with Crippen molar-refractivity contribution < 1.29 is 23.1 Å². The first kappa shape index (κ1) is 30.0. The molecule has 8 nitrogen and oxygen atoms in total. The van der Waals surface area contributed by atoms with Crippen molar-refractivity contribution >= 4 is 56.0 Å². The molecule has 0 aliphatic carbocycles. The van der Waals surface area contributed by atoms with Crippen LogP contribution in [0.25, 0.3) is 22.2 Å². The zero-order chi connectivity index (χ0) is 30.0. The predicted octanol–water partition coefficient (Wildman–Crippen LogP) is 5.87. The number of pyridine rings is 1. The van der Waals surface area contributed by atoms with Gasteiger partial charge in [-0.25, -0.2) is 18.2 Å². The number of carboxylic acids is 1. The molecule has 218 valence electrons. The molecule has 0 spiro atoms. The second kappa shape index (κ2) is 12.4. The summed E-state index contributed by atoms with van der Waals surface area (Å²) in [6, 6.07) is 18.4. The summed E-state index contributed by atoms with van der Waals surface area (Å²) in [6.07, 6.45) is 1.59. The molecule has 2 atom stereocenters. The number of rotatable bonds is 8. The number of halogens is 2. The molecule has 1 amide bonds. The zero-order valence-corrected chi connectivity index (χ0v) is 25.1. The van der Waals surface area contributed by atoms with Gasteiger partial charge in [-0.2, -0.15) is 4.31 Å². The Bertz CT molecular complexity index is 1740. The topological polar surface area (TPSA) is 117 Å². The van der Waals surface area contributed by atoms with Gasteiger partial charge in [-0.05, 0) is 67.8 Å². The number of aliphatic carboxylic acids is 1. The molecule has 1 aliphatic rings. The van der Waals surface area contributed by atoms with Crippen LogP contribution < -0.4 is 5.32 Å². The number of amides is 1. The van der Waals surface area contributed by atoms with Gasteiger partial charge in [0.1, 0.15) is 12.1 Å². The highest BCUT2D eigenvalue weighted by Crippen LogP contribution is 2.34. The minimum atomic E-state index is -3.94. The number of aromatic nitrogens is 1. The Morgan fingerprint density at radius 3 is 2.43 bits per heavy atom. The molecule has 1 fully saturated rings. The van der Waals surface area contributed by atoms with Crippen LogP contribution in [0.2, 0.25) is 10.0 Å². The number of sulfonamides is 1. The molecule has 0 bridgehead atoms. The Balaban J connectivity index is 1.34. The number of carbonyl (C=O) groups excluding carboxylic acids is 1. The lowest BCUT2D eigenvalue weighted by Gasteiger charge is -2.34. The van der Waals surface area contributed by atoms with Crippen molar-refractivity contribution in [2.24, 2.45) is 0 Å². The largest absolute Gasteiger partial charge is 0.480 e. The number of carbonyl (C=O) groups is 2. The number of benzene rings is 3. The lowest BCUT2D eigenvalue weighted by molar-refractivity contribution is -0.142. The fraction of sp³-hybridized carbons (Fsp3) is 0.258. The Hall–Kier alpha value is -3.50. The minimum Gasteiger partial charge on any atom is -0.480 e. The summed E-state index contributed by atoms with van der Waals surface area (Å²) in [4.78, 5) is 30.4. The van der Waals surface area contributed by atoms with Gasteiger partial charge in [-0.1, -0.05) is 65.5 Å². The molecule has 5 rings (SSSR count). The number of nitrogens with zero attached hydrogens (tertiary/aromatic N) is 2. The van der Waals surface area contributed by atoms with Crippen molar-refractivity contribution in [3.63, 3.8) is 0 Å². The van der Waals surface area contributed by atoms with E-state index in [1.54, 1.807) is 48.5 Å². The van der Waals surface area contributed by atoms with E-state index in [0.29, 0.717) is 51.6 Å². The molecule has 4 aromatic rings. The van der Waals surface area contributed by atoms with Gasteiger partial charge >= 0.3 is 5.97 Å².